The number of ether oxygens (including phenoxy) is 2. The smallest absolute Gasteiger partial charge is 0.338 e. The van der Waals surface area contributed by atoms with Crippen LogP contribution in [-0.4, -0.2) is 51.1 Å². The molecule has 2 saturated heterocycles. The normalized spacial score (nSPS) is 27.4. The molecule has 0 aromatic heterocycles. The zero-order valence-corrected chi connectivity index (χ0v) is 16.2. The van der Waals surface area contributed by atoms with E-state index in [1.165, 1.54) is 24.3 Å². The summed E-state index contributed by atoms with van der Waals surface area (Å²) in [5, 5.41) is 0. The third-order valence-electron chi connectivity index (χ3n) is 4.99. The second-order valence-electron chi connectivity index (χ2n) is 7.53. The molecule has 2 aliphatic heterocycles. The fourth-order valence-corrected chi connectivity index (χ4v) is 5.42. The molecule has 1 aromatic rings. The molecule has 2 heterocycles. The highest BCUT2D eigenvalue weighted by molar-refractivity contribution is 7.89. The van der Waals surface area contributed by atoms with E-state index in [4.69, 9.17) is 9.47 Å². The van der Waals surface area contributed by atoms with Gasteiger partial charge in [0.25, 0.3) is 0 Å². The summed E-state index contributed by atoms with van der Waals surface area (Å²) in [7, 11) is -3.53. The number of benzene rings is 1. The predicted molar refractivity (Wildman–Crippen MR) is 97.4 cm³/mol. The lowest BCUT2D eigenvalue weighted by atomic mass is 9.94. The zero-order valence-electron chi connectivity index (χ0n) is 15.4. The molecule has 3 atom stereocenters. The van der Waals surface area contributed by atoms with Crippen LogP contribution < -0.4 is 0 Å². The van der Waals surface area contributed by atoms with E-state index in [1.54, 1.807) is 4.31 Å². The Kier molecular flexibility index (Phi) is 5.99. The summed E-state index contributed by atoms with van der Waals surface area (Å²) < 4.78 is 37.9. The van der Waals surface area contributed by atoms with E-state index in [0.29, 0.717) is 37.1 Å². The lowest BCUT2D eigenvalue weighted by molar-refractivity contribution is 0.0161. The number of carbonyl (C=O) groups excluding carboxylic acids is 1. The molecule has 3 unspecified atom stereocenters. The van der Waals surface area contributed by atoms with Gasteiger partial charge in [-0.25, -0.2) is 13.2 Å². The van der Waals surface area contributed by atoms with Crippen molar-refractivity contribution < 1.29 is 22.7 Å². The van der Waals surface area contributed by atoms with E-state index >= 15 is 0 Å². The molecule has 144 valence electrons. The standard InChI is InChI=1S/C19H27NO5S/c1-14-10-15(2)12-20(11-14)26(22,23)18-7-5-16(6-8-18)19(21)25-13-17-4-3-9-24-17/h5-8,14-15,17H,3-4,9-13H2,1-2H3. The van der Waals surface area contributed by atoms with Gasteiger partial charge in [-0.15, -0.1) is 0 Å². The van der Waals surface area contributed by atoms with E-state index in [2.05, 4.69) is 13.8 Å². The first-order valence-corrected chi connectivity index (χ1v) is 10.7. The first-order valence-electron chi connectivity index (χ1n) is 9.25. The molecule has 0 amide bonds. The summed E-state index contributed by atoms with van der Waals surface area (Å²) in [6.45, 7) is 6.18. The van der Waals surface area contributed by atoms with Crippen LogP contribution in [0.4, 0.5) is 0 Å². The molecular formula is C19H27NO5S. The predicted octanol–water partition coefficient (Wildman–Crippen LogP) is 2.69. The van der Waals surface area contributed by atoms with E-state index < -0.39 is 16.0 Å². The van der Waals surface area contributed by atoms with Crippen LogP contribution >= 0.6 is 0 Å². The van der Waals surface area contributed by atoms with Gasteiger partial charge < -0.3 is 9.47 Å². The number of sulfonamides is 1. The Labute approximate surface area is 155 Å². The van der Waals surface area contributed by atoms with Gasteiger partial charge in [-0.3, -0.25) is 0 Å². The maximum absolute atomic E-state index is 12.9. The average molecular weight is 381 g/mol. The van der Waals surface area contributed by atoms with Gasteiger partial charge in [-0.05, 0) is 55.4 Å². The maximum Gasteiger partial charge on any atom is 0.338 e. The Morgan fingerprint density at radius 1 is 1.19 bits per heavy atom. The molecule has 1 aromatic carbocycles. The van der Waals surface area contributed by atoms with E-state index in [1.807, 2.05) is 0 Å². The second kappa shape index (κ2) is 8.06. The monoisotopic (exact) mass is 381 g/mol. The highest BCUT2D eigenvalue weighted by Crippen LogP contribution is 2.26. The van der Waals surface area contributed by atoms with Crippen molar-refractivity contribution in [2.24, 2.45) is 11.8 Å². The Bertz CT molecular complexity index is 715. The lowest BCUT2D eigenvalue weighted by Gasteiger charge is -2.34. The van der Waals surface area contributed by atoms with Crippen LogP contribution in [0, 0.1) is 11.8 Å². The SMILES string of the molecule is CC1CC(C)CN(S(=O)(=O)c2ccc(C(=O)OCC3CCCO3)cc2)C1. The van der Waals surface area contributed by atoms with Crippen LogP contribution in [0.25, 0.3) is 0 Å². The van der Waals surface area contributed by atoms with Gasteiger partial charge in [-0.2, -0.15) is 4.31 Å². The number of carbonyl (C=O) groups is 1. The molecule has 0 saturated carbocycles. The van der Waals surface area contributed by atoms with E-state index in [9.17, 15) is 13.2 Å². The Morgan fingerprint density at radius 2 is 1.85 bits per heavy atom. The second-order valence-corrected chi connectivity index (χ2v) is 9.46. The van der Waals surface area contributed by atoms with Gasteiger partial charge in [-0.1, -0.05) is 13.8 Å². The summed E-state index contributed by atoms with van der Waals surface area (Å²) in [4.78, 5) is 12.3. The highest BCUT2D eigenvalue weighted by atomic mass is 32.2. The summed E-state index contributed by atoms with van der Waals surface area (Å²) in [6.07, 6.45) is 2.91. The van der Waals surface area contributed by atoms with Crippen LogP contribution in [0.15, 0.2) is 29.2 Å². The van der Waals surface area contributed by atoms with Gasteiger partial charge in [0.1, 0.15) is 6.61 Å². The van der Waals surface area contributed by atoms with Crippen LogP contribution in [0.1, 0.15) is 43.5 Å². The summed E-state index contributed by atoms with van der Waals surface area (Å²) >= 11 is 0. The first kappa shape index (κ1) is 19.3. The van der Waals surface area contributed by atoms with E-state index in [0.717, 1.165) is 19.3 Å². The van der Waals surface area contributed by atoms with Crippen LogP contribution in [0.2, 0.25) is 0 Å². The number of hydrogen-bond donors (Lipinski definition) is 0. The zero-order chi connectivity index (χ0) is 18.7. The van der Waals surface area contributed by atoms with Crippen molar-refractivity contribution in [2.45, 2.75) is 44.1 Å². The van der Waals surface area contributed by atoms with Crippen LogP contribution in [-0.2, 0) is 19.5 Å². The first-order chi connectivity index (χ1) is 12.4. The molecule has 0 radical (unpaired) electrons. The molecule has 26 heavy (non-hydrogen) atoms. The quantitative estimate of drug-likeness (QED) is 0.733. The van der Waals surface area contributed by atoms with Crippen LogP contribution in [0.3, 0.4) is 0 Å². The van der Waals surface area contributed by atoms with Crippen molar-refractivity contribution in [3.63, 3.8) is 0 Å². The molecule has 0 aliphatic carbocycles. The van der Waals surface area contributed by atoms with Crippen molar-refractivity contribution in [1.29, 1.82) is 0 Å². The number of hydrogen-bond acceptors (Lipinski definition) is 5. The molecular weight excluding hydrogens is 354 g/mol. The summed E-state index contributed by atoms with van der Waals surface area (Å²) in [5.74, 6) is 0.242. The van der Waals surface area contributed by atoms with Gasteiger partial charge in [0.05, 0.1) is 16.6 Å². The minimum Gasteiger partial charge on any atom is -0.459 e. The average Bonchev–Trinajstić information content (AvgIpc) is 3.12. The Hall–Kier alpha value is -1.44. The van der Waals surface area contributed by atoms with Crippen LogP contribution in [0.5, 0.6) is 0 Å². The highest BCUT2D eigenvalue weighted by Gasteiger charge is 2.31. The number of esters is 1. The molecule has 0 bridgehead atoms. The molecule has 2 aliphatic rings. The van der Waals surface area contributed by atoms with Gasteiger partial charge in [0.2, 0.25) is 10.0 Å². The molecule has 2 fully saturated rings. The minimum absolute atomic E-state index is 0.0262. The maximum atomic E-state index is 12.9. The fraction of sp³-hybridized carbons (Fsp3) is 0.632. The molecule has 6 nitrogen and oxygen atoms in total. The number of nitrogens with zero attached hydrogens (tertiary/aromatic N) is 1. The summed E-state index contributed by atoms with van der Waals surface area (Å²) in [6, 6.07) is 6.01. The molecule has 3 rings (SSSR count). The Balaban J connectivity index is 1.65. The summed E-state index contributed by atoms with van der Waals surface area (Å²) in [5.41, 5.74) is 0.349. The number of rotatable bonds is 5. The molecule has 0 spiro atoms. The largest absolute Gasteiger partial charge is 0.459 e. The topological polar surface area (TPSA) is 72.9 Å². The third-order valence-corrected chi connectivity index (χ3v) is 6.83. The van der Waals surface area contributed by atoms with Crippen molar-refractivity contribution in [1.82, 2.24) is 4.31 Å². The number of piperidine rings is 1. The van der Waals surface area contributed by atoms with Crippen molar-refractivity contribution in [3.8, 4) is 0 Å². The van der Waals surface area contributed by atoms with Crippen molar-refractivity contribution in [3.05, 3.63) is 29.8 Å². The Morgan fingerprint density at radius 3 is 2.42 bits per heavy atom. The van der Waals surface area contributed by atoms with Crippen molar-refractivity contribution >= 4 is 16.0 Å². The van der Waals surface area contributed by atoms with E-state index in [-0.39, 0.29) is 17.6 Å². The van der Waals surface area contributed by atoms with Gasteiger partial charge in [0, 0.05) is 19.7 Å². The van der Waals surface area contributed by atoms with Gasteiger partial charge in [0.15, 0.2) is 0 Å². The third kappa shape index (κ3) is 4.45. The fourth-order valence-electron chi connectivity index (χ4n) is 3.74. The molecule has 7 heteroatoms. The van der Waals surface area contributed by atoms with Gasteiger partial charge >= 0.3 is 5.97 Å². The molecule has 0 N–H and O–H groups in total. The minimum atomic E-state index is -3.53. The lowest BCUT2D eigenvalue weighted by Crippen LogP contribution is -2.42. The van der Waals surface area contributed by atoms with Crippen molar-refractivity contribution in [2.75, 3.05) is 26.3 Å².